The molecule has 0 aliphatic carbocycles. The molecule has 6 heteroatoms. The molecule has 0 unspecified atom stereocenters. The van der Waals surface area contributed by atoms with Gasteiger partial charge >= 0.3 is 0 Å². The third-order valence-corrected chi connectivity index (χ3v) is 11.7. The van der Waals surface area contributed by atoms with Crippen LogP contribution in [0.3, 0.4) is 0 Å². The van der Waals surface area contributed by atoms with E-state index in [1.54, 1.807) is 17.7 Å². The molecule has 0 saturated carbocycles. The number of nitrogens with zero attached hydrogens (tertiary/aromatic N) is 4. The summed E-state index contributed by atoms with van der Waals surface area (Å²) < 4.78 is 8.83. The van der Waals surface area contributed by atoms with Gasteiger partial charge in [-0.1, -0.05) is 72.8 Å². The van der Waals surface area contributed by atoms with Gasteiger partial charge in [0.15, 0.2) is 0 Å². The lowest BCUT2D eigenvalue weighted by molar-refractivity contribution is 1.18. The third-order valence-electron chi connectivity index (χ3n) is 9.45. The van der Waals surface area contributed by atoms with Crippen LogP contribution in [0, 0.1) is 0 Å². The largest absolute Gasteiger partial charge is 0.308 e. The van der Waals surface area contributed by atoms with Gasteiger partial charge in [0.1, 0.15) is 11.2 Å². The van der Waals surface area contributed by atoms with Gasteiger partial charge in [-0.15, -0.1) is 22.7 Å². The van der Waals surface area contributed by atoms with Crippen molar-refractivity contribution in [2.24, 2.45) is 0 Å². The Labute approximate surface area is 270 Å². The van der Waals surface area contributed by atoms with Gasteiger partial charge in [-0.25, -0.2) is 9.97 Å². The maximum absolute atomic E-state index is 4.78. The van der Waals surface area contributed by atoms with Crippen LogP contribution in [0.15, 0.2) is 134 Å². The summed E-state index contributed by atoms with van der Waals surface area (Å²) >= 11 is 3.63. The lowest BCUT2D eigenvalue weighted by Gasteiger charge is -2.12. The Hall–Kier alpha value is -5.56. The van der Waals surface area contributed by atoms with Crippen molar-refractivity contribution < 1.29 is 0 Å². The molecule has 0 saturated heterocycles. The Morgan fingerprint density at radius 2 is 1.11 bits per heavy atom. The first-order chi connectivity index (χ1) is 22.8. The number of para-hydroxylation sites is 3. The van der Waals surface area contributed by atoms with Crippen LogP contribution in [0.4, 0.5) is 0 Å². The summed E-state index contributed by atoms with van der Waals surface area (Å²) in [6.07, 6.45) is 3.66. The second-order valence-electron chi connectivity index (χ2n) is 11.8. The summed E-state index contributed by atoms with van der Waals surface area (Å²) in [4.78, 5) is 10.3. The highest BCUT2D eigenvalue weighted by Gasteiger charge is 2.27. The Balaban J connectivity index is 1.45. The standard InChI is InChI=1S/C40H22N4S2/c1-2-10-23(11-3-1)43-30-15-7-4-13-26(30)34-37-35(39-36(38(34)43)29-21-41-22-42-40(29)46-39)27-14-5-8-16-31(27)44(37)24-18-19-33-28(20-24)25-12-6-9-17-32(25)45-33/h1-22H. The zero-order valence-electron chi connectivity index (χ0n) is 24.3. The number of benzene rings is 6. The number of rotatable bonds is 2. The smallest absolute Gasteiger partial charge is 0.127 e. The monoisotopic (exact) mass is 622 g/mol. The summed E-state index contributed by atoms with van der Waals surface area (Å²) in [5, 5.41) is 9.91. The van der Waals surface area contributed by atoms with Crippen LogP contribution in [0.5, 0.6) is 0 Å². The SMILES string of the molecule is c1ccc(-n2c3ccccc3c3c4c(c5ccccc5n4-c4ccc5sc6ccccc6c5c4)c4sc5ncncc5c4c32)cc1. The molecule has 0 bridgehead atoms. The fraction of sp³-hybridized carbons (Fsp3) is 0. The molecule has 6 aromatic carbocycles. The average molecular weight is 623 g/mol. The number of thiophene rings is 2. The first-order valence-corrected chi connectivity index (χ1v) is 17.0. The number of fused-ring (bicyclic) bond motifs is 15. The van der Waals surface area contributed by atoms with Gasteiger partial charge in [0.05, 0.1) is 22.1 Å². The molecule has 0 spiro atoms. The van der Waals surface area contributed by atoms with E-state index in [1.807, 2.05) is 17.5 Å². The molecule has 0 atom stereocenters. The van der Waals surface area contributed by atoms with Crippen LogP contribution >= 0.6 is 22.7 Å². The van der Waals surface area contributed by atoms with Crippen molar-refractivity contribution >= 4 is 107 Å². The van der Waals surface area contributed by atoms with E-state index in [9.17, 15) is 0 Å². The normalized spacial score (nSPS) is 12.3. The molecule has 0 aliphatic heterocycles. The maximum Gasteiger partial charge on any atom is 0.127 e. The molecule has 11 rings (SSSR count). The van der Waals surface area contributed by atoms with Crippen molar-refractivity contribution in [3.05, 3.63) is 134 Å². The van der Waals surface area contributed by atoms with E-state index in [2.05, 4.69) is 135 Å². The number of hydrogen-bond acceptors (Lipinski definition) is 4. The minimum atomic E-state index is 1.01. The predicted octanol–water partition coefficient (Wildman–Crippen LogP) is 11.4. The van der Waals surface area contributed by atoms with Gasteiger partial charge in [0.2, 0.25) is 0 Å². The second-order valence-corrected chi connectivity index (χ2v) is 13.9. The van der Waals surface area contributed by atoms with Gasteiger partial charge in [0, 0.05) is 74.8 Å². The highest BCUT2D eigenvalue weighted by Crippen LogP contribution is 2.51. The summed E-state index contributed by atoms with van der Waals surface area (Å²) in [6, 6.07) is 44.2. The minimum absolute atomic E-state index is 1.01. The van der Waals surface area contributed by atoms with Gasteiger partial charge in [0.25, 0.3) is 0 Å². The van der Waals surface area contributed by atoms with E-state index in [0.29, 0.717) is 0 Å². The zero-order valence-corrected chi connectivity index (χ0v) is 25.9. The van der Waals surface area contributed by atoms with Crippen molar-refractivity contribution in [2.75, 3.05) is 0 Å². The van der Waals surface area contributed by atoms with E-state index in [1.165, 1.54) is 79.6 Å². The lowest BCUT2D eigenvalue weighted by Crippen LogP contribution is -1.96. The maximum atomic E-state index is 4.78. The molecular weight excluding hydrogens is 601 g/mol. The summed E-state index contributed by atoms with van der Waals surface area (Å²) in [5.74, 6) is 0. The van der Waals surface area contributed by atoms with Gasteiger partial charge in [-0.05, 0) is 48.5 Å². The number of hydrogen-bond donors (Lipinski definition) is 0. The van der Waals surface area contributed by atoms with E-state index < -0.39 is 0 Å². The Morgan fingerprint density at radius 3 is 1.91 bits per heavy atom. The van der Waals surface area contributed by atoms with E-state index >= 15 is 0 Å². The quantitative estimate of drug-likeness (QED) is 0.192. The molecule has 0 aliphatic rings. The topological polar surface area (TPSA) is 35.6 Å². The highest BCUT2D eigenvalue weighted by atomic mass is 32.1. The molecule has 0 radical (unpaired) electrons. The summed E-state index contributed by atoms with van der Waals surface area (Å²) in [5.41, 5.74) is 7.12. The molecule has 46 heavy (non-hydrogen) atoms. The summed E-state index contributed by atoms with van der Waals surface area (Å²) in [6.45, 7) is 0. The zero-order chi connectivity index (χ0) is 29.9. The molecule has 11 aromatic rings. The summed E-state index contributed by atoms with van der Waals surface area (Å²) in [7, 11) is 0. The van der Waals surface area contributed by atoms with E-state index in [0.717, 1.165) is 15.9 Å². The van der Waals surface area contributed by atoms with Crippen LogP contribution in [-0.2, 0) is 0 Å². The molecule has 0 amide bonds. The van der Waals surface area contributed by atoms with Crippen molar-refractivity contribution in [1.29, 1.82) is 0 Å². The average Bonchev–Trinajstić information content (AvgIpc) is 3.85. The highest BCUT2D eigenvalue weighted by molar-refractivity contribution is 7.26. The van der Waals surface area contributed by atoms with Gasteiger partial charge in [-0.2, -0.15) is 0 Å². The predicted molar refractivity (Wildman–Crippen MR) is 196 cm³/mol. The fourth-order valence-electron chi connectivity index (χ4n) is 7.64. The number of aromatic nitrogens is 4. The van der Waals surface area contributed by atoms with Crippen molar-refractivity contribution in [3.63, 3.8) is 0 Å². The Morgan fingerprint density at radius 1 is 0.478 bits per heavy atom. The van der Waals surface area contributed by atoms with Crippen LogP contribution < -0.4 is 0 Å². The molecular formula is C40H22N4S2. The Bertz CT molecular complexity index is 3030. The van der Waals surface area contributed by atoms with Crippen molar-refractivity contribution in [1.82, 2.24) is 19.1 Å². The van der Waals surface area contributed by atoms with E-state index in [-0.39, 0.29) is 0 Å². The van der Waals surface area contributed by atoms with Gasteiger partial charge in [-0.3, -0.25) is 0 Å². The van der Waals surface area contributed by atoms with Gasteiger partial charge < -0.3 is 9.13 Å². The molecule has 0 fully saturated rings. The lowest BCUT2D eigenvalue weighted by atomic mass is 10.0. The van der Waals surface area contributed by atoms with Crippen molar-refractivity contribution in [3.8, 4) is 11.4 Å². The first-order valence-electron chi connectivity index (χ1n) is 15.3. The minimum Gasteiger partial charge on any atom is -0.308 e. The Kier molecular flexibility index (Phi) is 4.84. The van der Waals surface area contributed by atoms with Crippen LogP contribution in [-0.4, -0.2) is 19.1 Å². The first kappa shape index (κ1) is 24.7. The molecule has 214 valence electrons. The molecule has 4 nitrogen and oxygen atoms in total. The second kappa shape index (κ2) is 9.01. The molecule has 5 heterocycles. The fourth-order valence-corrected chi connectivity index (χ4v) is 9.90. The molecule has 5 aromatic heterocycles. The van der Waals surface area contributed by atoms with Crippen molar-refractivity contribution in [2.45, 2.75) is 0 Å². The van der Waals surface area contributed by atoms with Crippen LogP contribution in [0.25, 0.3) is 95.5 Å². The third kappa shape index (κ3) is 3.12. The van der Waals surface area contributed by atoms with E-state index in [4.69, 9.17) is 4.98 Å². The van der Waals surface area contributed by atoms with Crippen LogP contribution in [0.1, 0.15) is 0 Å². The molecule has 0 N–H and O–H groups in total. The van der Waals surface area contributed by atoms with Crippen LogP contribution in [0.2, 0.25) is 0 Å².